The lowest BCUT2D eigenvalue weighted by Gasteiger charge is -2.27. The van der Waals surface area contributed by atoms with Gasteiger partial charge in [-0.1, -0.05) is 0 Å². The molecule has 8 nitrogen and oxygen atoms in total. The highest BCUT2D eigenvalue weighted by Crippen LogP contribution is 2.16. The summed E-state index contributed by atoms with van der Waals surface area (Å²) in [5, 5.41) is 4.11. The van der Waals surface area contributed by atoms with Crippen LogP contribution in [-0.2, 0) is 4.74 Å². The second-order valence-electron chi connectivity index (χ2n) is 5.11. The van der Waals surface area contributed by atoms with E-state index in [0.717, 1.165) is 26.0 Å². The zero-order valence-corrected chi connectivity index (χ0v) is 12.0. The average molecular weight is 289 g/mol. The van der Waals surface area contributed by atoms with Crippen molar-refractivity contribution < 1.29 is 4.74 Å². The van der Waals surface area contributed by atoms with Gasteiger partial charge in [-0.2, -0.15) is 20.1 Å². The molecule has 2 N–H and O–H groups in total. The third-order valence-corrected chi connectivity index (χ3v) is 3.43. The lowest BCUT2D eigenvalue weighted by atomic mass is 10.1. The van der Waals surface area contributed by atoms with E-state index in [2.05, 4.69) is 20.1 Å². The number of hydrogen-bond acceptors (Lipinski definition) is 7. The SMILES string of the molecule is CN(CC1CCCCO1)c1nc(N)nc(-n2cccn2)n1. The molecular weight excluding hydrogens is 270 g/mol. The molecule has 2 aromatic heterocycles. The summed E-state index contributed by atoms with van der Waals surface area (Å²) in [6.07, 6.45) is 7.06. The van der Waals surface area contributed by atoms with Gasteiger partial charge in [-0.05, 0) is 25.3 Å². The first-order valence-corrected chi connectivity index (χ1v) is 7.06. The van der Waals surface area contributed by atoms with Crippen molar-refractivity contribution in [3.63, 3.8) is 0 Å². The van der Waals surface area contributed by atoms with E-state index in [1.165, 1.54) is 6.42 Å². The van der Waals surface area contributed by atoms with Gasteiger partial charge >= 0.3 is 0 Å². The van der Waals surface area contributed by atoms with Crippen LogP contribution in [0.15, 0.2) is 18.5 Å². The predicted molar refractivity (Wildman–Crippen MR) is 78.2 cm³/mol. The van der Waals surface area contributed by atoms with Crippen molar-refractivity contribution in [1.29, 1.82) is 0 Å². The van der Waals surface area contributed by atoms with Crippen LogP contribution in [0, 0.1) is 0 Å². The topological polar surface area (TPSA) is 95.0 Å². The Hall–Kier alpha value is -2.22. The molecule has 3 rings (SSSR count). The molecule has 2 aromatic rings. The Labute approximate surface area is 123 Å². The van der Waals surface area contributed by atoms with Gasteiger partial charge in [0.2, 0.25) is 11.9 Å². The number of anilines is 2. The molecule has 0 spiro atoms. The summed E-state index contributed by atoms with van der Waals surface area (Å²) in [6, 6.07) is 1.80. The van der Waals surface area contributed by atoms with E-state index in [1.54, 1.807) is 23.1 Å². The summed E-state index contributed by atoms with van der Waals surface area (Å²) in [6.45, 7) is 1.57. The molecule has 0 aliphatic carbocycles. The number of rotatable bonds is 4. The molecule has 0 bridgehead atoms. The summed E-state index contributed by atoms with van der Waals surface area (Å²) < 4.78 is 7.30. The normalized spacial score (nSPS) is 18.6. The third kappa shape index (κ3) is 3.27. The van der Waals surface area contributed by atoms with Gasteiger partial charge in [0.05, 0.1) is 6.10 Å². The van der Waals surface area contributed by atoms with Crippen molar-refractivity contribution in [2.75, 3.05) is 30.8 Å². The second kappa shape index (κ2) is 6.04. The van der Waals surface area contributed by atoms with Crippen molar-refractivity contribution in [1.82, 2.24) is 24.7 Å². The first kappa shape index (κ1) is 13.7. The molecular formula is C13H19N7O. The van der Waals surface area contributed by atoms with Crippen molar-refractivity contribution in [2.24, 2.45) is 0 Å². The van der Waals surface area contributed by atoms with Crippen LogP contribution in [0.25, 0.3) is 5.95 Å². The lowest BCUT2D eigenvalue weighted by Crippen LogP contribution is -2.34. The van der Waals surface area contributed by atoms with Crippen LogP contribution in [0.5, 0.6) is 0 Å². The van der Waals surface area contributed by atoms with E-state index in [9.17, 15) is 0 Å². The van der Waals surface area contributed by atoms with E-state index in [4.69, 9.17) is 10.5 Å². The zero-order chi connectivity index (χ0) is 14.7. The monoisotopic (exact) mass is 289 g/mol. The van der Waals surface area contributed by atoms with Crippen LogP contribution in [0.2, 0.25) is 0 Å². The fraction of sp³-hybridized carbons (Fsp3) is 0.538. The minimum Gasteiger partial charge on any atom is -0.376 e. The molecule has 0 saturated carbocycles. The van der Waals surface area contributed by atoms with Crippen LogP contribution < -0.4 is 10.6 Å². The van der Waals surface area contributed by atoms with E-state index < -0.39 is 0 Å². The fourth-order valence-corrected chi connectivity index (χ4v) is 2.37. The Morgan fingerprint density at radius 3 is 3.00 bits per heavy atom. The van der Waals surface area contributed by atoms with Crippen LogP contribution in [-0.4, -0.2) is 51.0 Å². The van der Waals surface area contributed by atoms with Gasteiger partial charge in [0, 0.05) is 32.6 Å². The molecule has 1 aliphatic heterocycles. The van der Waals surface area contributed by atoms with Crippen molar-refractivity contribution in [3.8, 4) is 5.95 Å². The number of likely N-dealkylation sites (N-methyl/N-ethyl adjacent to an activating group) is 1. The minimum atomic E-state index is 0.182. The minimum absolute atomic E-state index is 0.182. The maximum absolute atomic E-state index is 5.78. The highest BCUT2D eigenvalue weighted by molar-refractivity contribution is 5.37. The van der Waals surface area contributed by atoms with Crippen molar-refractivity contribution >= 4 is 11.9 Å². The fourth-order valence-electron chi connectivity index (χ4n) is 2.37. The molecule has 0 aromatic carbocycles. The first-order valence-electron chi connectivity index (χ1n) is 7.06. The van der Waals surface area contributed by atoms with Crippen LogP contribution >= 0.6 is 0 Å². The number of nitrogen functional groups attached to an aromatic ring is 1. The maximum atomic E-state index is 5.78. The standard InChI is InChI=1S/C13H19N7O/c1-19(9-10-5-2-3-8-21-10)12-16-11(14)17-13(18-12)20-7-4-6-15-20/h4,6-7,10H,2-3,5,8-9H2,1H3,(H2,14,16,17,18). The molecule has 1 unspecified atom stereocenters. The number of hydrogen-bond donors (Lipinski definition) is 1. The van der Waals surface area contributed by atoms with Gasteiger partial charge in [-0.3, -0.25) is 0 Å². The van der Waals surface area contributed by atoms with E-state index in [-0.39, 0.29) is 12.1 Å². The van der Waals surface area contributed by atoms with Crippen LogP contribution in [0.3, 0.4) is 0 Å². The molecule has 1 fully saturated rings. The van der Waals surface area contributed by atoms with E-state index in [1.807, 2.05) is 11.9 Å². The molecule has 3 heterocycles. The quantitative estimate of drug-likeness (QED) is 0.882. The predicted octanol–water partition coefficient (Wildman–Crippen LogP) is 0.645. The molecule has 0 amide bonds. The average Bonchev–Trinajstić information content (AvgIpc) is 3.02. The van der Waals surface area contributed by atoms with E-state index in [0.29, 0.717) is 11.9 Å². The Morgan fingerprint density at radius 1 is 1.38 bits per heavy atom. The summed E-state index contributed by atoms with van der Waals surface area (Å²) in [5.41, 5.74) is 5.78. The number of ether oxygens (including phenoxy) is 1. The molecule has 0 radical (unpaired) electrons. The number of aromatic nitrogens is 5. The molecule has 21 heavy (non-hydrogen) atoms. The summed E-state index contributed by atoms with van der Waals surface area (Å²) >= 11 is 0. The van der Waals surface area contributed by atoms with Crippen molar-refractivity contribution in [3.05, 3.63) is 18.5 Å². The van der Waals surface area contributed by atoms with Gasteiger partial charge in [0.1, 0.15) is 0 Å². The summed E-state index contributed by atoms with van der Waals surface area (Å²) in [5.74, 6) is 1.13. The van der Waals surface area contributed by atoms with E-state index >= 15 is 0 Å². The van der Waals surface area contributed by atoms with Gasteiger partial charge < -0.3 is 15.4 Å². The molecule has 8 heteroatoms. The number of nitrogens with zero attached hydrogens (tertiary/aromatic N) is 6. The Balaban J connectivity index is 1.77. The Bertz CT molecular complexity index is 580. The van der Waals surface area contributed by atoms with Gasteiger partial charge in [-0.15, -0.1) is 0 Å². The summed E-state index contributed by atoms with van der Waals surface area (Å²) in [7, 11) is 1.93. The highest BCUT2D eigenvalue weighted by Gasteiger charge is 2.18. The maximum Gasteiger partial charge on any atom is 0.257 e. The zero-order valence-electron chi connectivity index (χ0n) is 12.0. The second-order valence-corrected chi connectivity index (χ2v) is 5.11. The molecule has 1 saturated heterocycles. The van der Waals surface area contributed by atoms with Crippen LogP contribution in [0.4, 0.5) is 11.9 Å². The van der Waals surface area contributed by atoms with Crippen LogP contribution in [0.1, 0.15) is 19.3 Å². The number of nitrogens with two attached hydrogens (primary N) is 1. The summed E-state index contributed by atoms with van der Waals surface area (Å²) in [4.78, 5) is 14.7. The highest BCUT2D eigenvalue weighted by atomic mass is 16.5. The van der Waals surface area contributed by atoms with Gasteiger partial charge in [0.15, 0.2) is 0 Å². The smallest absolute Gasteiger partial charge is 0.257 e. The third-order valence-electron chi connectivity index (χ3n) is 3.43. The molecule has 1 aliphatic rings. The molecule has 1 atom stereocenters. The Kier molecular flexibility index (Phi) is 3.96. The van der Waals surface area contributed by atoms with Crippen molar-refractivity contribution in [2.45, 2.75) is 25.4 Å². The molecule has 112 valence electrons. The van der Waals surface area contributed by atoms with Gasteiger partial charge in [0.25, 0.3) is 5.95 Å². The lowest BCUT2D eigenvalue weighted by molar-refractivity contribution is 0.0214. The Morgan fingerprint density at radius 2 is 2.29 bits per heavy atom. The van der Waals surface area contributed by atoms with Gasteiger partial charge in [-0.25, -0.2) is 4.68 Å². The first-order chi connectivity index (χ1) is 10.2. The largest absolute Gasteiger partial charge is 0.376 e.